The summed E-state index contributed by atoms with van der Waals surface area (Å²) in [5.74, 6) is -2.62. The molecule has 6 heteroatoms. The molecule has 1 aliphatic heterocycles. The van der Waals surface area contributed by atoms with Crippen molar-refractivity contribution in [3.8, 4) is 0 Å². The number of carboxylic acids is 1. The Kier molecular flexibility index (Phi) is 2.39. The molecule has 1 aliphatic rings. The van der Waals surface area contributed by atoms with Crippen LogP contribution >= 0.6 is 0 Å². The maximum absolute atomic E-state index is 11.0. The monoisotopic (exact) mass is 193 g/mol. The fourth-order valence-electron chi connectivity index (χ4n) is 1.43. The molecule has 0 unspecified atom stereocenters. The average molecular weight is 193 g/mol. The first kappa shape index (κ1) is 9.47. The van der Waals surface area contributed by atoms with E-state index in [0.29, 0.717) is 0 Å². The second-order valence-electron chi connectivity index (χ2n) is 3.02. The van der Waals surface area contributed by atoms with Crippen molar-refractivity contribution >= 4 is 15.8 Å². The van der Waals surface area contributed by atoms with Gasteiger partial charge in [-0.2, -0.15) is 0 Å². The highest BCUT2D eigenvalue weighted by atomic mass is 32.2. The Morgan fingerprint density at radius 1 is 1.50 bits per heavy atom. The van der Waals surface area contributed by atoms with E-state index in [1.807, 2.05) is 0 Å². The van der Waals surface area contributed by atoms with Gasteiger partial charge in [0.2, 0.25) is 0 Å². The van der Waals surface area contributed by atoms with Gasteiger partial charge >= 0.3 is 5.97 Å². The van der Waals surface area contributed by atoms with Gasteiger partial charge in [-0.25, -0.2) is 8.42 Å². The molecule has 2 atom stereocenters. The summed E-state index contributed by atoms with van der Waals surface area (Å²) in [7, 11) is -3.16. The fraction of sp³-hybridized carbons (Fsp3) is 0.833. The highest BCUT2D eigenvalue weighted by Crippen LogP contribution is 2.24. The number of nitrogens with two attached hydrogens (primary N) is 1. The zero-order valence-electron chi connectivity index (χ0n) is 6.43. The Labute approximate surface area is 70.5 Å². The molecule has 0 radical (unpaired) electrons. The van der Waals surface area contributed by atoms with Gasteiger partial charge in [0.15, 0.2) is 9.84 Å². The Balaban J connectivity index is 2.83. The lowest BCUT2D eigenvalue weighted by atomic mass is 9.97. The second kappa shape index (κ2) is 3.02. The minimum atomic E-state index is -3.16. The van der Waals surface area contributed by atoms with E-state index in [2.05, 4.69) is 0 Å². The molecule has 1 rings (SSSR count). The van der Waals surface area contributed by atoms with Crippen LogP contribution in [-0.2, 0) is 14.6 Å². The summed E-state index contributed by atoms with van der Waals surface area (Å²) in [6, 6.07) is 0. The lowest BCUT2D eigenvalue weighted by Gasteiger charge is -2.09. The van der Waals surface area contributed by atoms with Crippen LogP contribution in [0.5, 0.6) is 0 Å². The van der Waals surface area contributed by atoms with Crippen molar-refractivity contribution < 1.29 is 18.3 Å². The van der Waals surface area contributed by atoms with Crippen LogP contribution < -0.4 is 5.73 Å². The van der Waals surface area contributed by atoms with Crippen LogP contribution in [0.15, 0.2) is 0 Å². The lowest BCUT2D eigenvalue weighted by molar-refractivity contribution is -0.142. The second-order valence-corrected chi connectivity index (χ2v) is 5.17. The maximum atomic E-state index is 11.0. The van der Waals surface area contributed by atoms with Crippen molar-refractivity contribution in [3.63, 3.8) is 0 Å². The van der Waals surface area contributed by atoms with Gasteiger partial charge in [0, 0.05) is 0 Å². The van der Waals surface area contributed by atoms with Crippen molar-refractivity contribution in [3.05, 3.63) is 0 Å². The molecule has 0 aromatic heterocycles. The van der Waals surface area contributed by atoms with Crippen molar-refractivity contribution in [2.75, 3.05) is 18.1 Å². The quantitative estimate of drug-likeness (QED) is 0.567. The predicted molar refractivity (Wildman–Crippen MR) is 42.3 cm³/mol. The van der Waals surface area contributed by atoms with Gasteiger partial charge in [-0.05, 0) is 12.5 Å². The predicted octanol–water partition coefficient (Wildman–Crippen LogP) is -1.31. The Bertz CT molecular complexity index is 284. The smallest absolute Gasteiger partial charge is 0.307 e. The molecular weight excluding hydrogens is 182 g/mol. The molecule has 12 heavy (non-hydrogen) atoms. The summed E-state index contributed by atoms with van der Waals surface area (Å²) >= 11 is 0. The SMILES string of the molecule is NC[C@H]1CS(=O)(=O)C[C@H]1C(=O)O. The van der Waals surface area contributed by atoms with E-state index in [1.54, 1.807) is 0 Å². The number of carboxylic acid groups (broad SMARTS) is 1. The molecule has 5 nitrogen and oxygen atoms in total. The first-order chi connectivity index (χ1) is 5.46. The van der Waals surface area contributed by atoms with Crippen LogP contribution in [0.25, 0.3) is 0 Å². The Morgan fingerprint density at radius 3 is 2.42 bits per heavy atom. The highest BCUT2D eigenvalue weighted by Gasteiger charge is 2.40. The molecule has 0 amide bonds. The van der Waals surface area contributed by atoms with E-state index in [-0.39, 0.29) is 18.1 Å². The van der Waals surface area contributed by atoms with E-state index in [0.717, 1.165) is 0 Å². The maximum Gasteiger partial charge on any atom is 0.307 e. The Morgan fingerprint density at radius 2 is 2.08 bits per heavy atom. The largest absolute Gasteiger partial charge is 0.481 e. The van der Waals surface area contributed by atoms with Crippen LogP contribution in [0, 0.1) is 11.8 Å². The van der Waals surface area contributed by atoms with Crippen LogP contribution in [0.2, 0.25) is 0 Å². The minimum Gasteiger partial charge on any atom is -0.481 e. The molecule has 0 saturated carbocycles. The third kappa shape index (κ3) is 1.75. The number of hydrogen-bond acceptors (Lipinski definition) is 4. The van der Waals surface area contributed by atoms with Gasteiger partial charge in [0.1, 0.15) is 0 Å². The number of sulfone groups is 1. The topological polar surface area (TPSA) is 97.5 Å². The highest BCUT2D eigenvalue weighted by molar-refractivity contribution is 7.91. The van der Waals surface area contributed by atoms with E-state index in [9.17, 15) is 13.2 Å². The molecule has 0 aromatic carbocycles. The van der Waals surface area contributed by atoms with E-state index < -0.39 is 27.6 Å². The van der Waals surface area contributed by atoms with E-state index >= 15 is 0 Å². The third-order valence-corrected chi connectivity index (χ3v) is 3.89. The van der Waals surface area contributed by atoms with Crippen LogP contribution in [0.1, 0.15) is 0 Å². The van der Waals surface area contributed by atoms with Crippen LogP contribution in [0.3, 0.4) is 0 Å². The van der Waals surface area contributed by atoms with Crippen LogP contribution in [-0.4, -0.2) is 37.5 Å². The molecule has 3 N–H and O–H groups in total. The standard InChI is InChI=1S/C6H11NO4S/c7-1-4-2-12(10,11)3-5(4)6(8)9/h4-5H,1-3,7H2,(H,8,9)/t4-,5+/m0/s1. The molecule has 0 aliphatic carbocycles. The molecule has 0 spiro atoms. The van der Waals surface area contributed by atoms with Gasteiger partial charge in [0.05, 0.1) is 17.4 Å². The zero-order chi connectivity index (χ0) is 9.35. The molecule has 0 aromatic rings. The first-order valence-corrected chi connectivity index (χ1v) is 5.41. The molecule has 70 valence electrons. The molecule has 1 heterocycles. The van der Waals surface area contributed by atoms with Crippen molar-refractivity contribution in [1.82, 2.24) is 0 Å². The van der Waals surface area contributed by atoms with E-state index in [1.165, 1.54) is 0 Å². The number of aliphatic carboxylic acids is 1. The number of rotatable bonds is 2. The van der Waals surface area contributed by atoms with Gasteiger partial charge < -0.3 is 10.8 Å². The van der Waals surface area contributed by atoms with Crippen molar-refractivity contribution in [1.29, 1.82) is 0 Å². The zero-order valence-corrected chi connectivity index (χ0v) is 7.25. The summed E-state index contributed by atoms with van der Waals surface area (Å²) < 4.78 is 22.0. The summed E-state index contributed by atoms with van der Waals surface area (Å²) in [5.41, 5.74) is 5.26. The summed E-state index contributed by atoms with van der Waals surface area (Å²) in [5, 5.41) is 8.63. The number of carbonyl (C=O) groups is 1. The molecule has 1 fully saturated rings. The molecule has 0 bridgehead atoms. The van der Waals surface area contributed by atoms with Gasteiger partial charge in [-0.15, -0.1) is 0 Å². The van der Waals surface area contributed by atoms with E-state index in [4.69, 9.17) is 10.8 Å². The third-order valence-electron chi connectivity index (χ3n) is 2.09. The van der Waals surface area contributed by atoms with Gasteiger partial charge in [-0.3, -0.25) is 4.79 Å². The van der Waals surface area contributed by atoms with Crippen molar-refractivity contribution in [2.45, 2.75) is 0 Å². The lowest BCUT2D eigenvalue weighted by Crippen LogP contribution is -2.27. The van der Waals surface area contributed by atoms with Gasteiger partial charge in [0.25, 0.3) is 0 Å². The van der Waals surface area contributed by atoms with Gasteiger partial charge in [-0.1, -0.05) is 0 Å². The fourth-order valence-corrected chi connectivity index (χ4v) is 3.54. The first-order valence-electron chi connectivity index (χ1n) is 3.59. The molecular formula is C6H11NO4S. The molecule has 1 saturated heterocycles. The normalized spacial score (nSPS) is 33.4. The summed E-state index contributed by atoms with van der Waals surface area (Å²) in [6.45, 7) is 0.121. The van der Waals surface area contributed by atoms with Crippen molar-refractivity contribution in [2.24, 2.45) is 17.6 Å². The summed E-state index contributed by atoms with van der Waals surface area (Å²) in [4.78, 5) is 10.5. The Hall–Kier alpha value is -0.620. The average Bonchev–Trinajstić information content (AvgIpc) is 2.25. The number of hydrogen-bond donors (Lipinski definition) is 2. The minimum absolute atomic E-state index is 0.0829. The van der Waals surface area contributed by atoms with Crippen LogP contribution in [0.4, 0.5) is 0 Å². The summed E-state index contributed by atoms with van der Waals surface area (Å²) in [6.07, 6.45) is 0.